The molecule has 1 aliphatic rings. The maximum absolute atomic E-state index is 13.9. The molecule has 4 rings (SSSR count). The van der Waals surface area contributed by atoms with Crippen LogP contribution in [0.3, 0.4) is 0 Å². The summed E-state index contributed by atoms with van der Waals surface area (Å²) in [7, 11) is 0. The fourth-order valence-electron chi connectivity index (χ4n) is 3.64. The van der Waals surface area contributed by atoms with Crippen molar-refractivity contribution in [2.45, 2.75) is 32.1 Å². The van der Waals surface area contributed by atoms with Gasteiger partial charge in [-0.25, -0.2) is 13.8 Å². The van der Waals surface area contributed by atoms with Crippen LogP contribution in [0.15, 0.2) is 42.5 Å². The van der Waals surface area contributed by atoms with Gasteiger partial charge in [-0.15, -0.1) is 11.3 Å². The molecule has 0 fully saturated rings. The van der Waals surface area contributed by atoms with E-state index in [0.29, 0.717) is 0 Å². The third-order valence-electron chi connectivity index (χ3n) is 4.88. The Morgan fingerprint density at radius 3 is 2.62 bits per heavy atom. The van der Waals surface area contributed by atoms with E-state index in [1.54, 1.807) is 23.5 Å². The molecule has 0 amide bonds. The van der Waals surface area contributed by atoms with Crippen molar-refractivity contribution in [3.63, 3.8) is 0 Å². The molecule has 0 spiro atoms. The molecule has 2 aromatic carbocycles. The van der Waals surface area contributed by atoms with Gasteiger partial charge < -0.3 is 0 Å². The van der Waals surface area contributed by atoms with Crippen molar-refractivity contribution in [2.24, 2.45) is 0 Å². The van der Waals surface area contributed by atoms with E-state index in [1.165, 1.54) is 23.1 Å². The lowest BCUT2D eigenvalue weighted by Gasteiger charge is -2.26. The first-order valence-corrected chi connectivity index (χ1v) is 8.78. The quantitative estimate of drug-likeness (QED) is 0.604. The lowest BCUT2D eigenvalue weighted by Crippen LogP contribution is -2.24. The Morgan fingerprint density at radius 2 is 1.88 bits per heavy atom. The van der Waals surface area contributed by atoms with Crippen molar-refractivity contribution >= 4 is 11.3 Å². The predicted molar refractivity (Wildman–Crippen MR) is 93.4 cm³/mol. The number of aromatic nitrogens is 1. The Bertz CT molecular complexity index is 906. The van der Waals surface area contributed by atoms with E-state index >= 15 is 0 Å². The molecule has 1 atom stereocenters. The second-order valence-electron chi connectivity index (χ2n) is 6.73. The zero-order valence-electron chi connectivity index (χ0n) is 13.6. The highest BCUT2D eigenvalue weighted by Gasteiger charge is 2.38. The second kappa shape index (κ2) is 5.49. The van der Waals surface area contributed by atoms with Crippen LogP contribution in [0.1, 0.15) is 28.6 Å². The summed E-state index contributed by atoms with van der Waals surface area (Å²) >= 11 is 1.62. The van der Waals surface area contributed by atoms with E-state index in [9.17, 15) is 8.78 Å². The van der Waals surface area contributed by atoms with Crippen LogP contribution in [-0.4, -0.2) is 4.98 Å². The number of nitrogens with zero attached hydrogens (tertiary/aromatic N) is 1. The Balaban J connectivity index is 1.68. The monoisotopic (exact) mass is 341 g/mol. The molecule has 0 radical (unpaired) electrons. The van der Waals surface area contributed by atoms with Gasteiger partial charge in [0.1, 0.15) is 16.6 Å². The zero-order chi connectivity index (χ0) is 16.9. The molecule has 1 heterocycles. The van der Waals surface area contributed by atoms with Crippen LogP contribution in [0.25, 0.3) is 10.6 Å². The van der Waals surface area contributed by atoms with Crippen LogP contribution in [0, 0.1) is 18.6 Å². The van der Waals surface area contributed by atoms with E-state index in [2.05, 4.69) is 6.92 Å². The molecular weight excluding hydrogens is 324 g/mol. The molecule has 1 unspecified atom stereocenters. The molecule has 0 aliphatic heterocycles. The van der Waals surface area contributed by atoms with Gasteiger partial charge in [0.25, 0.3) is 0 Å². The zero-order valence-corrected chi connectivity index (χ0v) is 14.4. The van der Waals surface area contributed by atoms with E-state index in [0.717, 1.165) is 40.2 Å². The summed E-state index contributed by atoms with van der Waals surface area (Å²) in [5, 5.41) is 0.859. The van der Waals surface area contributed by atoms with E-state index in [-0.39, 0.29) is 17.0 Å². The highest BCUT2D eigenvalue weighted by molar-refractivity contribution is 7.15. The molecule has 122 valence electrons. The third-order valence-corrected chi connectivity index (χ3v) is 6.02. The van der Waals surface area contributed by atoms with Crippen LogP contribution < -0.4 is 0 Å². The van der Waals surface area contributed by atoms with Gasteiger partial charge >= 0.3 is 0 Å². The maximum atomic E-state index is 13.9. The summed E-state index contributed by atoms with van der Waals surface area (Å²) in [5.41, 5.74) is 3.53. The van der Waals surface area contributed by atoms with Gasteiger partial charge in [0.2, 0.25) is 0 Å². The normalized spacial score (nSPS) is 19.5. The first kappa shape index (κ1) is 15.5. The topological polar surface area (TPSA) is 12.9 Å². The van der Waals surface area contributed by atoms with Gasteiger partial charge in [-0.2, -0.15) is 0 Å². The second-order valence-corrected chi connectivity index (χ2v) is 7.81. The number of hydrogen-bond donors (Lipinski definition) is 0. The smallest absolute Gasteiger partial charge is 0.126 e. The summed E-state index contributed by atoms with van der Waals surface area (Å²) < 4.78 is 27.4. The lowest BCUT2D eigenvalue weighted by molar-refractivity contribution is 0.491. The first-order valence-electron chi connectivity index (χ1n) is 7.96. The fraction of sp³-hybridized carbons (Fsp3) is 0.250. The van der Waals surface area contributed by atoms with Crippen molar-refractivity contribution < 1.29 is 8.78 Å². The molecule has 0 saturated carbocycles. The van der Waals surface area contributed by atoms with Crippen LogP contribution in [0.2, 0.25) is 0 Å². The average Bonchev–Trinajstić information content (AvgIpc) is 3.05. The minimum Gasteiger partial charge on any atom is -0.241 e. The summed E-state index contributed by atoms with van der Waals surface area (Å²) in [5.74, 6) is -0.402. The number of rotatable bonds is 2. The van der Waals surface area contributed by atoms with Gasteiger partial charge in [0, 0.05) is 22.3 Å². The Labute approximate surface area is 144 Å². The summed E-state index contributed by atoms with van der Waals surface area (Å²) in [6, 6.07) is 11.8. The Kier molecular flexibility index (Phi) is 3.53. The van der Waals surface area contributed by atoms with Gasteiger partial charge in [0.15, 0.2) is 0 Å². The average molecular weight is 341 g/mol. The van der Waals surface area contributed by atoms with Crippen molar-refractivity contribution in [2.75, 3.05) is 0 Å². The molecule has 1 aliphatic carbocycles. The molecule has 24 heavy (non-hydrogen) atoms. The molecule has 0 saturated heterocycles. The third kappa shape index (κ3) is 2.46. The lowest BCUT2D eigenvalue weighted by atomic mass is 9.78. The van der Waals surface area contributed by atoms with Gasteiger partial charge in [-0.1, -0.05) is 31.2 Å². The predicted octanol–water partition coefficient (Wildman–Crippen LogP) is 5.45. The number of fused-ring (bicyclic) bond motifs is 1. The number of thiazole rings is 1. The van der Waals surface area contributed by atoms with Crippen molar-refractivity contribution in [3.05, 3.63) is 75.8 Å². The minimum absolute atomic E-state index is 0.124. The largest absolute Gasteiger partial charge is 0.241 e. The Hall–Kier alpha value is -2.07. The van der Waals surface area contributed by atoms with Gasteiger partial charge in [-0.05, 0) is 42.7 Å². The molecule has 1 aromatic heterocycles. The highest BCUT2D eigenvalue weighted by Crippen LogP contribution is 2.44. The minimum atomic E-state index is -0.247. The highest BCUT2D eigenvalue weighted by atomic mass is 32.1. The first-order chi connectivity index (χ1) is 11.5. The van der Waals surface area contributed by atoms with E-state index in [4.69, 9.17) is 4.98 Å². The summed E-state index contributed by atoms with van der Waals surface area (Å²) in [4.78, 5) is 5.96. The summed E-state index contributed by atoms with van der Waals surface area (Å²) in [6.45, 7) is 4.01. The SMILES string of the molecule is Cc1c(F)cccc1C1(C)Cc2nc(-c3cccc(F)c3)sc2C1. The molecular formula is C20H17F2NS. The molecule has 1 nitrogen and oxygen atoms in total. The molecule has 3 aromatic rings. The number of hydrogen-bond acceptors (Lipinski definition) is 2. The van der Waals surface area contributed by atoms with Crippen LogP contribution >= 0.6 is 11.3 Å². The van der Waals surface area contributed by atoms with Crippen LogP contribution in [0.4, 0.5) is 8.78 Å². The van der Waals surface area contributed by atoms with Crippen molar-refractivity contribution in [3.8, 4) is 10.6 Å². The van der Waals surface area contributed by atoms with Gasteiger partial charge in [0.05, 0.1) is 5.69 Å². The summed E-state index contributed by atoms with van der Waals surface area (Å²) in [6.07, 6.45) is 1.64. The van der Waals surface area contributed by atoms with Crippen LogP contribution in [0.5, 0.6) is 0 Å². The Morgan fingerprint density at radius 1 is 1.08 bits per heavy atom. The fourth-order valence-corrected chi connectivity index (χ4v) is 4.90. The molecule has 0 bridgehead atoms. The number of halogens is 2. The van der Waals surface area contributed by atoms with Crippen molar-refractivity contribution in [1.29, 1.82) is 0 Å². The molecule has 4 heteroatoms. The van der Waals surface area contributed by atoms with Crippen molar-refractivity contribution in [1.82, 2.24) is 4.98 Å². The maximum Gasteiger partial charge on any atom is 0.126 e. The number of benzene rings is 2. The van der Waals surface area contributed by atoms with Gasteiger partial charge in [-0.3, -0.25) is 0 Å². The molecule has 0 N–H and O–H groups in total. The van der Waals surface area contributed by atoms with E-state index in [1.807, 2.05) is 19.1 Å². The van der Waals surface area contributed by atoms with E-state index < -0.39 is 0 Å². The van der Waals surface area contributed by atoms with Crippen LogP contribution in [-0.2, 0) is 18.3 Å². The standard InChI is InChI=1S/C20H17F2NS/c1-12-15(7-4-8-16(12)22)20(2)10-17-18(11-20)24-19(23-17)13-5-3-6-14(21)9-13/h3-9H,10-11H2,1-2H3.